The number of hydrazine groups is 1. The van der Waals surface area contributed by atoms with Gasteiger partial charge in [-0.15, -0.1) is 0 Å². The lowest BCUT2D eigenvalue weighted by Crippen LogP contribution is -2.28. The summed E-state index contributed by atoms with van der Waals surface area (Å²) in [7, 11) is 1.62. The Bertz CT molecular complexity index is 281. The maximum atomic E-state index is 12.9. The van der Waals surface area contributed by atoms with E-state index in [9.17, 15) is 4.39 Å². The predicted molar refractivity (Wildman–Crippen MR) is 53.0 cm³/mol. The molecule has 1 aromatic rings. The lowest BCUT2D eigenvalue weighted by atomic mass is 10.0. The van der Waals surface area contributed by atoms with E-state index < -0.39 is 0 Å². The summed E-state index contributed by atoms with van der Waals surface area (Å²) in [6.45, 7) is 0.589. The summed E-state index contributed by atoms with van der Waals surface area (Å²) < 4.78 is 17.8. The molecule has 0 saturated heterocycles. The lowest BCUT2D eigenvalue weighted by molar-refractivity contribution is 0.183. The van der Waals surface area contributed by atoms with Gasteiger partial charge in [0.25, 0.3) is 0 Å². The Hall–Kier alpha value is -0.970. The minimum atomic E-state index is -0.250. The molecule has 0 heterocycles. The highest BCUT2D eigenvalue weighted by molar-refractivity contribution is 5.19. The average Bonchev–Trinajstić information content (AvgIpc) is 2.19. The SMILES string of the molecule is COCCC(NN)c1cccc(F)c1. The first-order valence-corrected chi connectivity index (χ1v) is 4.48. The van der Waals surface area contributed by atoms with E-state index in [1.165, 1.54) is 12.1 Å². The summed E-state index contributed by atoms with van der Waals surface area (Å²) in [5.74, 6) is 5.12. The molecule has 78 valence electrons. The summed E-state index contributed by atoms with van der Waals surface area (Å²) in [4.78, 5) is 0. The highest BCUT2D eigenvalue weighted by atomic mass is 19.1. The Labute approximate surface area is 83.0 Å². The van der Waals surface area contributed by atoms with E-state index in [-0.39, 0.29) is 11.9 Å². The first-order valence-electron chi connectivity index (χ1n) is 4.48. The van der Waals surface area contributed by atoms with Crippen molar-refractivity contribution in [1.82, 2.24) is 5.43 Å². The van der Waals surface area contributed by atoms with Gasteiger partial charge in [0.05, 0.1) is 0 Å². The van der Waals surface area contributed by atoms with Crippen LogP contribution in [0, 0.1) is 5.82 Å². The summed E-state index contributed by atoms with van der Waals surface area (Å²) >= 11 is 0. The molecule has 0 bridgehead atoms. The molecule has 0 aliphatic rings. The van der Waals surface area contributed by atoms with Crippen molar-refractivity contribution >= 4 is 0 Å². The number of hydrogen-bond acceptors (Lipinski definition) is 3. The van der Waals surface area contributed by atoms with Crippen molar-refractivity contribution < 1.29 is 9.13 Å². The van der Waals surface area contributed by atoms with Crippen LogP contribution in [-0.2, 0) is 4.74 Å². The van der Waals surface area contributed by atoms with Crippen molar-refractivity contribution in [2.45, 2.75) is 12.5 Å². The van der Waals surface area contributed by atoms with E-state index in [1.54, 1.807) is 13.2 Å². The van der Waals surface area contributed by atoms with Crippen LogP contribution in [-0.4, -0.2) is 13.7 Å². The van der Waals surface area contributed by atoms with Gasteiger partial charge in [0.15, 0.2) is 0 Å². The van der Waals surface area contributed by atoms with Crippen LogP contribution < -0.4 is 11.3 Å². The van der Waals surface area contributed by atoms with E-state index in [4.69, 9.17) is 10.6 Å². The van der Waals surface area contributed by atoms with Crippen molar-refractivity contribution in [3.63, 3.8) is 0 Å². The topological polar surface area (TPSA) is 47.3 Å². The highest BCUT2D eigenvalue weighted by Crippen LogP contribution is 2.16. The number of benzene rings is 1. The number of halogens is 1. The first-order chi connectivity index (χ1) is 6.77. The molecular weight excluding hydrogens is 183 g/mol. The maximum absolute atomic E-state index is 12.9. The molecule has 14 heavy (non-hydrogen) atoms. The molecule has 1 aromatic carbocycles. The molecule has 0 radical (unpaired) electrons. The number of rotatable bonds is 5. The van der Waals surface area contributed by atoms with Crippen LogP contribution in [0.1, 0.15) is 18.0 Å². The number of nitrogens with two attached hydrogens (primary N) is 1. The molecule has 1 rings (SSSR count). The Balaban J connectivity index is 2.68. The van der Waals surface area contributed by atoms with Gasteiger partial charge >= 0.3 is 0 Å². The quantitative estimate of drug-likeness (QED) is 0.555. The van der Waals surface area contributed by atoms with Gasteiger partial charge in [-0.25, -0.2) is 4.39 Å². The molecular formula is C10H15FN2O. The van der Waals surface area contributed by atoms with Crippen LogP contribution in [0.3, 0.4) is 0 Å². The van der Waals surface area contributed by atoms with Crippen LogP contribution in [0.15, 0.2) is 24.3 Å². The first kappa shape index (κ1) is 11.1. The molecule has 0 fully saturated rings. The van der Waals surface area contributed by atoms with Crippen LogP contribution in [0.25, 0.3) is 0 Å². The largest absolute Gasteiger partial charge is 0.385 e. The standard InChI is InChI=1S/C10H15FN2O/c1-14-6-5-10(13-12)8-3-2-4-9(11)7-8/h2-4,7,10,13H,5-6,12H2,1H3. The Morgan fingerprint density at radius 1 is 1.57 bits per heavy atom. The Kier molecular flexibility index (Phi) is 4.52. The monoisotopic (exact) mass is 198 g/mol. The second kappa shape index (κ2) is 5.70. The van der Waals surface area contributed by atoms with Crippen molar-refractivity contribution in [2.75, 3.05) is 13.7 Å². The molecule has 3 nitrogen and oxygen atoms in total. The number of ether oxygens (including phenoxy) is 1. The molecule has 3 N–H and O–H groups in total. The van der Waals surface area contributed by atoms with E-state index >= 15 is 0 Å². The third kappa shape index (κ3) is 3.06. The number of hydrogen-bond donors (Lipinski definition) is 2. The van der Waals surface area contributed by atoms with Gasteiger partial charge in [-0.05, 0) is 24.1 Å². The van der Waals surface area contributed by atoms with Gasteiger partial charge in [0.1, 0.15) is 5.82 Å². The summed E-state index contributed by atoms with van der Waals surface area (Å²) in [5.41, 5.74) is 3.47. The molecule has 0 aromatic heterocycles. The van der Waals surface area contributed by atoms with Crippen molar-refractivity contribution in [2.24, 2.45) is 5.84 Å². The fourth-order valence-electron chi connectivity index (χ4n) is 1.31. The van der Waals surface area contributed by atoms with Gasteiger partial charge in [0, 0.05) is 19.8 Å². The Morgan fingerprint density at radius 3 is 2.93 bits per heavy atom. The zero-order valence-electron chi connectivity index (χ0n) is 8.16. The predicted octanol–water partition coefficient (Wildman–Crippen LogP) is 1.37. The normalized spacial score (nSPS) is 12.8. The molecule has 0 aliphatic carbocycles. The third-order valence-electron chi connectivity index (χ3n) is 2.06. The third-order valence-corrected chi connectivity index (χ3v) is 2.06. The minimum absolute atomic E-state index is 0.0642. The Morgan fingerprint density at radius 2 is 2.36 bits per heavy atom. The molecule has 4 heteroatoms. The van der Waals surface area contributed by atoms with E-state index in [0.717, 1.165) is 12.0 Å². The van der Waals surface area contributed by atoms with Gasteiger partial charge in [0.2, 0.25) is 0 Å². The van der Waals surface area contributed by atoms with Crippen molar-refractivity contribution in [1.29, 1.82) is 0 Å². The van der Waals surface area contributed by atoms with Crippen LogP contribution in [0.2, 0.25) is 0 Å². The average molecular weight is 198 g/mol. The molecule has 1 atom stereocenters. The van der Waals surface area contributed by atoms with E-state index in [0.29, 0.717) is 6.61 Å². The van der Waals surface area contributed by atoms with Gasteiger partial charge in [-0.2, -0.15) is 0 Å². The molecule has 0 saturated carbocycles. The molecule has 1 unspecified atom stereocenters. The second-order valence-corrected chi connectivity index (χ2v) is 3.06. The van der Waals surface area contributed by atoms with Gasteiger partial charge < -0.3 is 4.74 Å². The van der Waals surface area contributed by atoms with E-state index in [2.05, 4.69) is 5.43 Å². The summed E-state index contributed by atoms with van der Waals surface area (Å²) in [6.07, 6.45) is 0.719. The zero-order chi connectivity index (χ0) is 10.4. The minimum Gasteiger partial charge on any atom is -0.385 e. The fraction of sp³-hybridized carbons (Fsp3) is 0.400. The fourth-order valence-corrected chi connectivity index (χ4v) is 1.31. The summed E-state index contributed by atoms with van der Waals surface area (Å²) in [6, 6.07) is 6.32. The van der Waals surface area contributed by atoms with Crippen molar-refractivity contribution in [3.05, 3.63) is 35.6 Å². The highest BCUT2D eigenvalue weighted by Gasteiger charge is 2.09. The smallest absolute Gasteiger partial charge is 0.123 e. The lowest BCUT2D eigenvalue weighted by Gasteiger charge is -2.15. The van der Waals surface area contributed by atoms with Crippen molar-refractivity contribution in [3.8, 4) is 0 Å². The summed E-state index contributed by atoms with van der Waals surface area (Å²) in [5, 5.41) is 0. The maximum Gasteiger partial charge on any atom is 0.123 e. The molecule has 0 spiro atoms. The molecule has 0 amide bonds. The number of nitrogens with one attached hydrogen (secondary N) is 1. The van der Waals surface area contributed by atoms with Crippen LogP contribution in [0.5, 0.6) is 0 Å². The molecule has 0 aliphatic heterocycles. The van der Waals surface area contributed by atoms with Gasteiger partial charge in [-0.3, -0.25) is 11.3 Å². The van der Waals surface area contributed by atoms with Crippen LogP contribution >= 0.6 is 0 Å². The van der Waals surface area contributed by atoms with E-state index in [1.807, 2.05) is 6.07 Å². The second-order valence-electron chi connectivity index (χ2n) is 3.06. The zero-order valence-corrected chi connectivity index (χ0v) is 8.16. The van der Waals surface area contributed by atoms with Gasteiger partial charge in [-0.1, -0.05) is 12.1 Å². The number of methoxy groups -OCH3 is 1. The van der Waals surface area contributed by atoms with Crippen LogP contribution in [0.4, 0.5) is 4.39 Å².